The zero-order valence-electron chi connectivity index (χ0n) is 48.0. The Kier molecular flexibility index (Phi) is 55.8. The molecule has 0 atom stereocenters. The van der Waals surface area contributed by atoms with E-state index in [0.29, 0.717) is 13.1 Å². The van der Waals surface area contributed by atoms with Crippen LogP contribution in [-0.2, 0) is 45.2 Å². The van der Waals surface area contributed by atoms with Crippen molar-refractivity contribution in [3.8, 4) is 0 Å². The van der Waals surface area contributed by atoms with Gasteiger partial charge in [0.05, 0.1) is 33.7 Å². The maximum absolute atomic E-state index is 4.50. The van der Waals surface area contributed by atoms with Crippen molar-refractivity contribution in [2.24, 2.45) is 34.9 Å². The molecule has 0 saturated heterocycles. The Hall–Kier alpha value is -5.96. The topological polar surface area (TPSA) is 86.5 Å². The van der Waals surface area contributed by atoms with Gasteiger partial charge in [-0.25, -0.2) is 20.0 Å². The third-order valence-electron chi connectivity index (χ3n) is 11.6. The molecule has 0 fully saturated rings. The van der Waals surface area contributed by atoms with Gasteiger partial charge in [-0.2, -0.15) is 0 Å². The molecule has 0 radical (unpaired) electrons. The maximum atomic E-state index is 4.50. The average molecular weight is 1380 g/mol. The molecule has 0 aromatic heterocycles. The van der Waals surface area contributed by atoms with Gasteiger partial charge in [0, 0.05) is 13.1 Å². The monoisotopic (exact) mass is 1380 g/mol. The number of isothiocyanates is 4. The second kappa shape index (κ2) is 61.6. The molecule has 0 aliphatic rings. The van der Waals surface area contributed by atoms with Gasteiger partial charge in [0.1, 0.15) is 0 Å². The Balaban J connectivity index is 0.000000492. The number of aryl methyl sites for hydroxylation is 3. The molecule has 0 saturated carbocycles. The van der Waals surface area contributed by atoms with E-state index in [2.05, 4.69) is 281 Å². The normalized spacial score (nSPS) is 9.00. The number of thiocarbonyl (C=S) groups is 4. The van der Waals surface area contributed by atoms with Crippen molar-refractivity contribution >= 4 is 130 Å². The van der Waals surface area contributed by atoms with Gasteiger partial charge in [-0.1, -0.05) is 141 Å². The Morgan fingerprint density at radius 2 is 0.452 bits per heavy atom. The van der Waals surface area contributed by atoms with Crippen molar-refractivity contribution in [3.63, 3.8) is 0 Å². The molecule has 0 aliphatic carbocycles. The van der Waals surface area contributed by atoms with Crippen LogP contribution in [0.25, 0.3) is 0 Å². The van der Waals surface area contributed by atoms with Crippen molar-refractivity contribution in [2.75, 3.05) is 32.7 Å². The van der Waals surface area contributed by atoms with Gasteiger partial charge in [-0.15, -0.1) is 0 Å². The van der Waals surface area contributed by atoms with Crippen LogP contribution < -0.4 is 0 Å². The van der Waals surface area contributed by atoms with Gasteiger partial charge >= 0.3 is 229 Å². The average Bonchev–Trinajstić information content (AvgIpc) is 3.55. The standard InChI is InChI=1S/C13H17NS.C12H15NS.C11H13NSe.C9H9NS.C9H9NSe.C8H7NS.C8H7NSe/c15-12-14-11-7-2-1-4-8-13-9-5-3-6-10-13;14-11-13-10-6-2-5-9-12-7-3-1-4-8-12;13-10-12-9-5-4-8-11-6-2-1-3-7-11;2*11-8-10-7-6-9-4-2-1-3-5-9;2*10-7-9-6-8-4-2-1-3-5-8/h3,5-6,9-10H,1-2,4,7-8,11H2;1,3-4,7-8H,2,5-6,9-10H2;1-3,6-7H,4-5,8-9H2;2*1-5H,6-7H2;2*1-5H,6H2. The number of rotatable bonds is 28. The second-order valence-electron chi connectivity index (χ2n) is 18.0. The summed E-state index contributed by atoms with van der Waals surface area (Å²) < 4.78 is 7.92. The molecule has 0 aliphatic heterocycles. The molecule has 7 rings (SSSR count). The molecule has 14 heteroatoms. The van der Waals surface area contributed by atoms with Gasteiger partial charge in [0.15, 0.2) is 0 Å². The molecule has 7 aromatic rings. The third-order valence-corrected chi connectivity index (χ3v) is 12.9. The van der Waals surface area contributed by atoms with Crippen molar-refractivity contribution in [2.45, 2.75) is 103 Å². The summed E-state index contributed by atoms with van der Waals surface area (Å²) in [6.07, 6.45) is 16.3. The summed E-state index contributed by atoms with van der Waals surface area (Å²) in [5.41, 5.74) is 9.27. The van der Waals surface area contributed by atoms with Gasteiger partial charge in [0.25, 0.3) is 0 Å². The summed E-state index contributed by atoms with van der Waals surface area (Å²) in [4.78, 5) is 27.3. The van der Waals surface area contributed by atoms with Crippen LogP contribution in [0, 0.1) is 0 Å². The van der Waals surface area contributed by atoms with Crippen molar-refractivity contribution in [3.05, 3.63) is 251 Å². The van der Waals surface area contributed by atoms with E-state index in [1.807, 2.05) is 97.1 Å². The molecule has 0 bridgehead atoms. The zero-order chi connectivity index (χ0) is 60.5. The number of hydrogen-bond donors (Lipinski definition) is 0. The van der Waals surface area contributed by atoms with Crippen LogP contribution >= 0.6 is 48.9 Å². The Labute approximate surface area is 547 Å². The van der Waals surface area contributed by atoms with Crippen LogP contribution in [0.2, 0.25) is 0 Å². The third kappa shape index (κ3) is 50.5. The molecule has 0 amide bonds. The van der Waals surface area contributed by atoms with Crippen LogP contribution in [0.5, 0.6) is 0 Å². The fraction of sp³-hybridized carbons (Fsp3) is 0.300. The first kappa shape index (κ1) is 76.1. The summed E-state index contributed by atoms with van der Waals surface area (Å²) in [6, 6.07) is 72.4. The minimum absolute atomic E-state index is 0.643. The van der Waals surface area contributed by atoms with Gasteiger partial charge in [-0.3, -0.25) is 0 Å². The van der Waals surface area contributed by atoms with Crippen molar-refractivity contribution in [1.82, 2.24) is 0 Å². The first-order chi connectivity index (χ1) is 41.5. The number of unbranched alkanes of at least 4 members (excludes halogenated alkanes) is 6. The summed E-state index contributed by atoms with van der Waals surface area (Å²) in [6.45, 7) is 5.48. The quantitative estimate of drug-likeness (QED) is 0.0212. The van der Waals surface area contributed by atoms with Crippen LogP contribution in [-0.4, -0.2) is 114 Å². The molecule has 0 heterocycles. The van der Waals surface area contributed by atoms with E-state index in [-0.39, 0.29) is 0 Å². The first-order valence-corrected chi connectivity index (χ1v) is 32.3. The summed E-state index contributed by atoms with van der Waals surface area (Å²) in [5, 5.41) is 9.45. The fourth-order valence-electron chi connectivity index (χ4n) is 7.33. The molecule has 7 aromatic carbocycles. The number of aliphatic imine (C=N–C) groups is 7. The summed E-state index contributed by atoms with van der Waals surface area (Å²) >= 11 is 25.7. The fourth-order valence-corrected chi connectivity index (χ4v) is 8.18. The second-order valence-corrected chi connectivity index (χ2v) is 19.9. The Morgan fingerprint density at radius 3 is 0.786 bits per heavy atom. The predicted octanol–water partition coefficient (Wildman–Crippen LogP) is 16.7. The number of nitrogens with zero attached hydrogens (tertiary/aromatic N) is 7. The van der Waals surface area contributed by atoms with E-state index in [0.717, 1.165) is 71.2 Å². The van der Waals surface area contributed by atoms with Crippen LogP contribution in [0.4, 0.5) is 0 Å². The van der Waals surface area contributed by atoms with Crippen LogP contribution in [0.3, 0.4) is 0 Å². The molecule has 7 nitrogen and oxygen atoms in total. The van der Waals surface area contributed by atoms with E-state index in [1.54, 1.807) is 0 Å². The van der Waals surface area contributed by atoms with Crippen molar-refractivity contribution < 1.29 is 0 Å². The van der Waals surface area contributed by atoms with E-state index in [9.17, 15) is 0 Å². The number of hydrogen-bond acceptors (Lipinski definition) is 11. The van der Waals surface area contributed by atoms with Crippen LogP contribution in [0.1, 0.15) is 96.7 Å². The predicted molar refractivity (Wildman–Crippen MR) is 377 cm³/mol. The first-order valence-electron chi connectivity index (χ1n) is 28.1. The molecule has 434 valence electrons. The molecule has 0 spiro atoms. The molecule has 84 heavy (non-hydrogen) atoms. The molecular formula is C70H77N7S4Se3. The SMILES string of the molecule is S=C=NCCCCCCc1ccccc1.S=C=NCCCCCc1ccccc1.S=C=NCCc1ccccc1.S=C=NCc1ccccc1.[Se]=C=NCCCCc1ccccc1.[Se]=C=NCCc1ccccc1.[Se]=C=NCc1ccccc1. The van der Waals surface area contributed by atoms with E-state index in [1.165, 1.54) is 90.3 Å². The Bertz CT molecular complexity index is 2900. The zero-order valence-corrected chi connectivity index (χ0v) is 56.4. The molecule has 0 N–H and O–H groups in total. The van der Waals surface area contributed by atoms with Gasteiger partial charge in [0.2, 0.25) is 0 Å². The van der Waals surface area contributed by atoms with Gasteiger partial charge < -0.3 is 0 Å². The Morgan fingerprint density at radius 1 is 0.226 bits per heavy atom. The minimum atomic E-state index is 0.643. The van der Waals surface area contributed by atoms with Crippen LogP contribution in [0.15, 0.2) is 247 Å². The van der Waals surface area contributed by atoms with Gasteiger partial charge in [-0.05, 0) is 116 Å². The van der Waals surface area contributed by atoms with E-state index < -0.39 is 0 Å². The molecular weight excluding hydrogens is 1300 g/mol. The van der Waals surface area contributed by atoms with Crippen molar-refractivity contribution in [1.29, 1.82) is 0 Å². The number of benzene rings is 7. The molecule has 0 unspecified atom stereocenters. The van der Waals surface area contributed by atoms with E-state index >= 15 is 0 Å². The van der Waals surface area contributed by atoms with E-state index in [4.69, 9.17) is 0 Å². The summed E-state index contributed by atoms with van der Waals surface area (Å²) in [7, 11) is 0. The summed E-state index contributed by atoms with van der Waals surface area (Å²) in [5.74, 6) is 0.